The zero-order valence-corrected chi connectivity index (χ0v) is 12.9. The van der Waals surface area contributed by atoms with Gasteiger partial charge in [-0.2, -0.15) is 0 Å². The molecule has 0 spiro atoms. The lowest BCUT2D eigenvalue weighted by Gasteiger charge is -2.10. The van der Waals surface area contributed by atoms with Gasteiger partial charge >= 0.3 is 5.97 Å². The van der Waals surface area contributed by atoms with Crippen molar-refractivity contribution < 1.29 is 14.3 Å². The van der Waals surface area contributed by atoms with Crippen molar-refractivity contribution in [3.63, 3.8) is 0 Å². The van der Waals surface area contributed by atoms with Crippen LogP contribution in [0.3, 0.4) is 0 Å². The Hall–Kier alpha value is -2.01. The second-order valence-electron chi connectivity index (χ2n) is 5.20. The molecule has 0 aliphatic carbocycles. The normalized spacial score (nSPS) is 12.7. The number of aromatic nitrogens is 1. The largest absolute Gasteiger partial charge is 0.497 e. The average molecular weight is 290 g/mol. The zero-order valence-electron chi connectivity index (χ0n) is 12.9. The molecule has 0 aliphatic heterocycles. The molecule has 0 saturated heterocycles. The molecule has 0 saturated carbocycles. The molecule has 2 aromatic rings. The molecule has 0 bridgehead atoms. The molecule has 5 nitrogen and oxygen atoms in total. The standard InChI is InChI=1S/C16H22N2O3/c1-5-21-16(19)15(17)13-9-18(10(2)3)14-8-11(20-4)6-7-12(13)14/h6-10,15H,5,17H2,1-4H3. The molecule has 1 aromatic carbocycles. The highest BCUT2D eigenvalue weighted by Gasteiger charge is 2.22. The topological polar surface area (TPSA) is 66.5 Å². The fourth-order valence-corrected chi connectivity index (χ4v) is 2.42. The van der Waals surface area contributed by atoms with Gasteiger partial charge in [-0.3, -0.25) is 0 Å². The van der Waals surface area contributed by atoms with Crippen LogP contribution < -0.4 is 10.5 Å². The van der Waals surface area contributed by atoms with Crippen LogP contribution in [0, 0.1) is 0 Å². The summed E-state index contributed by atoms with van der Waals surface area (Å²) < 4.78 is 12.4. The van der Waals surface area contributed by atoms with E-state index in [2.05, 4.69) is 18.4 Å². The summed E-state index contributed by atoms with van der Waals surface area (Å²) in [7, 11) is 1.63. The molecular weight excluding hydrogens is 268 g/mol. The fraction of sp³-hybridized carbons (Fsp3) is 0.438. The number of rotatable bonds is 5. The first-order valence-corrected chi connectivity index (χ1v) is 7.10. The van der Waals surface area contributed by atoms with Gasteiger partial charge in [-0.1, -0.05) is 0 Å². The summed E-state index contributed by atoms with van der Waals surface area (Å²) in [6, 6.07) is 5.23. The first kappa shape index (κ1) is 15.4. The van der Waals surface area contributed by atoms with E-state index >= 15 is 0 Å². The lowest BCUT2D eigenvalue weighted by molar-refractivity contribution is -0.144. The maximum Gasteiger partial charge on any atom is 0.327 e. The Bertz CT molecular complexity index is 646. The van der Waals surface area contributed by atoms with E-state index in [0.29, 0.717) is 6.61 Å². The number of esters is 1. The van der Waals surface area contributed by atoms with Gasteiger partial charge in [0.2, 0.25) is 0 Å². The molecule has 1 unspecified atom stereocenters. The second kappa shape index (κ2) is 6.18. The number of ether oxygens (including phenoxy) is 2. The Balaban J connectivity index is 2.57. The van der Waals surface area contributed by atoms with Gasteiger partial charge in [-0.05, 0) is 32.9 Å². The van der Waals surface area contributed by atoms with E-state index in [0.717, 1.165) is 22.2 Å². The van der Waals surface area contributed by atoms with Crippen molar-refractivity contribution in [2.45, 2.75) is 32.9 Å². The maximum atomic E-state index is 11.9. The predicted molar refractivity (Wildman–Crippen MR) is 82.4 cm³/mol. The number of benzene rings is 1. The Labute approximate surface area is 124 Å². The lowest BCUT2D eigenvalue weighted by atomic mass is 10.1. The van der Waals surface area contributed by atoms with Crippen molar-refractivity contribution in [3.8, 4) is 5.75 Å². The van der Waals surface area contributed by atoms with Gasteiger partial charge in [0, 0.05) is 29.3 Å². The van der Waals surface area contributed by atoms with Crippen LogP contribution in [0.5, 0.6) is 5.75 Å². The summed E-state index contributed by atoms with van der Waals surface area (Å²) in [5, 5.41) is 0.949. The first-order valence-electron chi connectivity index (χ1n) is 7.10. The van der Waals surface area contributed by atoms with Crippen molar-refractivity contribution in [3.05, 3.63) is 30.0 Å². The smallest absolute Gasteiger partial charge is 0.327 e. The molecule has 5 heteroatoms. The van der Waals surface area contributed by atoms with Crippen molar-refractivity contribution in [2.24, 2.45) is 5.73 Å². The van der Waals surface area contributed by atoms with Crippen LogP contribution in [0.4, 0.5) is 0 Å². The molecule has 1 heterocycles. The van der Waals surface area contributed by atoms with Crippen molar-refractivity contribution in [1.29, 1.82) is 0 Å². The third-order valence-corrected chi connectivity index (χ3v) is 3.50. The van der Waals surface area contributed by atoms with Gasteiger partial charge in [0.05, 0.1) is 19.2 Å². The van der Waals surface area contributed by atoms with Crippen LogP contribution >= 0.6 is 0 Å². The number of nitrogens with two attached hydrogens (primary N) is 1. The molecule has 1 atom stereocenters. The number of hydrogen-bond donors (Lipinski definition) is 1. The van der Waals surface area contributed by atoms with E-state index in [1.54, 1.807) is 14.0 Å². The van der Waals surface area contributed by atoms with Crippen LogP contribution in [-0.2, 0) is 9.53 Å². The van der Waals surface area contributed by atoms with Crippen molar-refractivity contribution >= 4 is 16.9 Å². The summed E-state index contributed by atoms with van der Waals surface area (Å²) in [6.45, 7) is 6.26. The Kier molecular flexibility index (Phi) is 4.53. The molecule has 0 radical (unpaired) electrons. The number of carbonyl (C=O) groups is 1. The quantitative estimate of drug-likeness (QED) is 0.860. The molecule has 114 valence electrons. The maximum absolute atomic E-state index is 11.9. The minimum Gasteiger partial charge on any atom is -0.497 e. The summed E-state index contributed by atoms with van der Waals surface area (Å²) in [5.41, 5.74) is 7.83. The zero-order chi connectivity index (χ0) is 15.6. The summed E-state index contributed by atoms with van der Waals surface area (Å²) in [5.74, 6) is 0.370. The molecule has 0 aliphatic rings. The molecule has 0 amide bonds. The third kappa shape index (κ3) is 2.88. The highest BCUT2D eigenvalue weighted by atomic mass is 16.5. The molecule has 2 N–H and O–H groups in total. The van der Waals surface area contributed by atoms with Crippen LogP contribution in [0.25, 0.3) is 10.9 Å². The molecule has 21 heavy (non-hydrogen) atoms. The third-order valence-electron chi connectivity index (χ3n) is 3.50. The van der Waals surface area contributed by atoms with Gasteiger partial charge in [-0.25, -0.2) is 4.79 Å². The van der Waals surface area contributed by atoms with Gasteiger partial charge in [-0.15, -0.1) is 0 Å². The van der Waals surface area contributed by atoms with E-state index in [-0.39, 0.29) is 6.04 Å². The van der Waals surface area contributed by atoms with E-state index in [9.17, 15) is 4.79 Å². The van der Waals surface area contributed by atoms with Gasteiger partial charge in [0.15, 0.2) is 0 Å². The van der Waals surface area contributed by atoms with Crippen molar-refractivity contribution in [2.75, 3.05) is 13.7 Å². The van der Waals surface area contributed by atoms with Crippen molar-refractivity contribution in [1.82, 2.24) is 4.57 Å². The van der Waals surface area contributed by atoms with E-state index in [4.69, 9.17) is 15.2 Å². The van der Waals surface area contributed by atoms with Crippen LogP contribution in [0.2, 0.25) is 0 Å². The van der Waals surface area contributed by atoms with Crippen LogP contribution in [-0.4, -0.2) is 24.3 Å². The molecule has 2 rings (SSSR count). The van der Waals surface area contributed by atoms with Crippen LogP contribution in [0.15, 0.2) is 24.4 Å². The minimum absolute atomic E-state index is 0.253. The van der Waals surface area contributed by atoms with E-state index < -0.39 is 12.0 Å². The average Bonchev–Trinajstić information content (AvgIpc) is 2.85. The number of hydrogen-bond acceptors (Lipinski definition) is 4. The van der Waals surface area contributed by atoms with E-state index in [1.165, 1.54) is 0 Å². The molecule has 0 fully saturated rings. The van der Waals surface area contributed by atoms with Gasteiger partial charge in [0.1, 0.15) is 11.8 Å². The first-order chi connectivity index (χ1) is 9.99. The highest BCUT2D eigenvalue weighted by Crippen LogP contribution is 2.31. The number of carbonyl (C=O) groups excluding carboxylic acids is 1. The number of fused-ring (bicyclic) bond motifs is 1. The second-order valence-corrected chi connectivity index (χ2v) is 5.20. The SMILES string of the molecule is CCOC(=O)C(N)c1cn(C(C)C)c2cc(OC)ccc12. The monoisotopic (exact) mass is 290 g/mol. The minimum atomic E-state index is -0.777. The lowest BCUT2D eigenvalue weighted by Crippen LogP contribution is -2.23. The summed E-state index contributed by atoms with van der Waals surface area (Å²) in [4.78, 5) is 11.9. The molecular formula is C16H22N2O3. The number of nitrogens with zero attached hydrogens (tertiary/aromatic N) is 1. The van der Waals surface area contributed by atoms with Gasteiger partial charge < -0.3 is 19.8 Å². The molecule has 1 aromatic heterocycles. The highest BCUT2D eigenvalue weighted by molar-refractivity contribution is 5.91. The fourth-order valence-electron chi connectivity index (χ4n) is 2.42. The Morgan fingerprint density at radius 3 is 2.67 bits per heavy atom. The van der Waals surface area contributed by atoms with Crippen LogP contribution in [0.1, 0.15) is 38.4 Å². The summed E-state index contributed by atoms with van der Waals surface area (Å²) in [6.07, 6.45) is 1.93. The summed E-state index contributed by atoms with van der Waals surface area (Å²) >= 11 is 0. The van der Waals surface area contributed by atoms with E-state index in [1.807, 2.05) is 24.4 Å². The Morgan fingerprint density at radius 2 is 2.10 bits per heavy atom. The number of methoxy groups -OCH3 is 1. The Morgan fingerprint density at radius 1 is 1.38 bits per heavy atom. The predicted octanol–water partition coefficient (Wildman–Crippen LogP) is 2.79. The van der Waals surface area contributed by atoms with Gasteiger partial charge in [0.25, 0.3) is 0 Å².